The predicted molar refractivity (Wildman–Crippen MR) is 131 cm³/mol. The minimum atomic E-state index is -1.09. The van der Waals surface area contributed by atoms with Crippen molar-refractivity contribution < 1.29 is 14.1 Å². The van der Waals surface area contributed by atoms with Crippen LogP contribution in [0.1, 0.15) is 30.5 Å². The highest BCUT2D eigenvalue weighted by molar-refractivity contribution is 7.91. The molecule has 178 valence electrons. The molecule has 1 spiro atoms. The minimum Gasteiger partial charge on any atom is -0.611 e. The molecule has 1 unspecified atom stereocenters. The average Bonchev–Trinajstić information content (AvgIpc) is 3.25. The Morgan fingerprint density at radius 3 is 2.82 bits per heavy atom. The van der Waals surface area contributed by atoms with Crippen LogP contribution in [0.5, 0.6) is 0 Å². The van der Waals surface area contributed by atoms with Crippen molar-refractivity contribution in [2.45, 2.75) is 36.1 Å². The summed E-state index contributed by atoms with van der Waals surface area (Å²) in [6, 6.07) is 8.01. The maximum Gasteiger partial charge on any atom is 0.322 e. The first-order valence-corrected chi connectivity index (χ1v) is 13.1. The fourth-order valence-electron chi connectivity index (χ4n) is 5.46. The number of para-hydroxylation sites is 1. The standard InChI is InChI=1S/C24H28N6O3S/c1-29-23(31)27-18-5-3-2-4-17(18)24(29)9-11-30(12-10-24)22-26-19-8-15-34(32)20(19)21(28-22)25-16-6-13-33-14-7-16/h2-6H,7-15H2,1H3,(H,27,31)(H,25,26,28). The van der Waals surface area contributed by atoms with Gasteiger partial charge in [0.05, 0.1) is 18.8 Å². The number of carbonyl (C=O) groups is 1. The van der Waals surface area contributed by atoms with E-state index in [1.807, 2.05) is 36.2 Å². The normalized spacial score (nSPS) is 23.3. The Morgan fingerprint density at radius 2 is 2.03 bits per heavy atom. The van der Waals surface area contributed by atoms with E-state index in [0.29, 0.717) is 37.2 Å². The van der Waals surface area contributed by atoms with Crippen molar-refractivity contribution in [3.8, 4) is 0 Å². The molecule has 34 heavy (non-hydrogen) atoms. The SMILES string of the molecule is CN1C(=O)Nc2ccccc2C12CCN(c1nc3c(c(NC4=CCOCC4)n1)[S+]([O-])CC3)CC2. The van der Waals surface area contributed by atoms with Gasteiger partial charge in [0.25, 0.3) is 0 Å². The van der Waals surface area contributed by atoms with Crippen molar-refractivity contribution in [2.75, 3.05) is 54.6 Å². The zero-order valence-corrected chi connectivity index (χ0v) is 20.0. The highest BCUT2D eigenvalue weighted by Crippen LogP contribution is 2.45. The molecular weight excluding hydrogens is 452 g/mol. The van der Waals surface area contributed by atoms with Crippen molar-refractivity contribution in [1.82, 2.24) is 14.9 Å². The summed E-state index contributed by atoms with van der Waals surface area (Å²) in [6.07, 6.45) is 5.06. The molecule has 4 aliphatic heterocycles. The average molecular weight is 481 g/mol. The van der Waals surface area contributed by atoms with Crippen LogP contribution in [-0.2, 0) is 27.9 Å². The number of aromatic nitrogens is 2. The number of rotatable bonds is 3. The van der Waals surface area contributed by atoms with Gasteiger partial charge in [-0.05, 0) is 36.2 Å². The molecule has 2 N–H and O–H groups in total. The molecule has 6 rings (SSSR count). The van der Waals surface area contributed by atoms with Crippen molar-refractivity contribution in [2.24, 2.45) is 0 Å². The van der Waals surface area contributed by atoms with E-state index in [-0.39, 0.29) is 11.6 Å². The lowest BCUT2D eigenvalue weighted by atomic mass is 9.77. The van der Waals surface area contributed by atoms with Crippen molar-refractivity contribution >= 4 is 34.7 Å². The number of hydrogen-bond acceptors (Lipinski definition) is 7. The molecule has 0 radical (unpaired) electrons. The minimum absolute atomic E-state index is 0.0698. The lowest BCUT2D eigenvalue weighted by Crippen LogP contribution is -2.57. The molecule has 1 saturated heterocycles. The highest BCUT2D eigenvalue weighted by atomic mass is 32.2. The summed E-state index contributed by atoms with van der Waals surface area (Å²) in [6.45, 7) is 2.69. The molecule has 0 saturated carbocycles. The zero-order valence-electron chi connectivity index (χ0n) is 19.2. The predicted octanol–water partition coefficient (Wildman–Crippen LogP) is 2.83. The molecular formula is C24H28N6O3S. The van der Waals surface area contributed by atoms with Crippen LogP contribution in [0.3, 0.4) is 0 Å². The molecule has 0 bridgehead atoms. The smallest absolute Gasteiger partial charge is 0.322 e. The van der Waals surface area contributed by atoms with Gasteiger partial charge in [-0.1, -0.05) is 18.2 Å². The first-order chi connectivity index (χ1) is 16.5. The number of amides is 2. The number of piperidine rings is 1. The van der Waals surface area contributed by atoms with Crippen molar-refractivity contribution in [3.05, 3.63) is 47.3 Å². The lowest BCUT2D eigenvalue weighted by Gasteiger charge is -2.50. The largest absolute Gasteiger partial charge is 0.611 e. The van der Waals surface area contributed by atoms with Crippen LogP contribution in [-0.4, -0.2) is 64.6 Å². The Hall–Kier alpha value is -2.82. The summed E-state index contributed by atoms with van der Waals surface area (Å²) in [4.78, 5) is 27.2. The maximum atomic E-state index is 12.7. The summed E-state index contributed by atoms with van der Waals surface area (Å²) >= 11 is -1.09. The number of nitrogens with zero attached hydrogens (tertiary/aromatic N) is 4. The number of nitrogens with one attached hydrogen (secondary N) is 2. The van der Waals surface area contributed by atoms with Crippen LogP contribution in [0, 0.1) is 0 Å². The van der Waals surface area contributed by atoms with Gasteiger partial charge < -0.3 is 29.7 Å². The quantitative estimate of drug-likeness (QED) is 0.651. The van der Waals surface area contributed by atoms with Crippen molar-refractivity contribution in [1.29, 1.82) is 0 Å². The van der Waals surface area contributed by atoms with Crippen molar-refractivity contribution in [3.63, 3.8) is 0 Å². The molecule has 2 amide bonds. The number of ether oxygens (including phenoxy) is 1. The fourth-order valence-corrected chi connectivity index (χ4v) is 6.76. The van der Waals surface area contributed by atoms with Gasteiger partial charge in [-0.25, -0.2) is 9.78 Å². The van der Waals surface area contributed by atoms with Gasteiger partial charge in [-0.15, -0.1) is 0 Å². The molecule has 1 fully saturated rings. The number of carbonyl (C=O) groups excluding carboxylic acids is 1. The molecule has 9 nitrogen and oxygen atoms in total. The van der Waals surface area contributed by atoms with E-state index >= 15 is 0 Å². The maximum absolute atomic E-state index is 12.7. The number of benzene rings is 1. The Labute approximate surface area is 201 Å². The van der Waals surface area contributed by atoms with Gasteiger partial charge in [0.1, 0.15) is 11.4 Å². The number of hydrogen-bond donors (Lipinski definition) is 2. The van der Waals surface area contributed by atoms with E-state index in [2.05, 4.69) is 21.6 Å². The van der Waals surface area contributed by atoms with Gasteiger partial charge >= 0.3 is 6.03 Å². The van der Waals surface area contributed by atoms with Gasteiger partial charge in [0.2, 0.25) is 10.8 Å². The van der Waals surface area contributed by atoms with E-state index in [1.54, 1.807) is 0 Å². The molecule has 4 aliphatic rings. The second kappa shape index (κ2) is 8.44. The molecule has 1 aromatic heterocycles. The molecule has 1 atom stereocenters. The Bertz CT molecular complexity index is 1160. The molecule has 5 heterocycles. The summed E-state index contributed by atoms with van der Waals surface area (Å²) in [7, 11) is 1.88. The van der Waals surface area contributed by atoms with Crippen LogP contribution in [0.4, 0.5) is 22.2 Å². The van der Waals surface area contributed by atoms with E-state index in [9.17, 15) is 9.35 Å². The van der Waals surface area contributed by atoms with Gasteiger partial charge in [-0.3, -0.25) is 0 Å². The molecule has 2 aromatic rings. The Kier molecular flexibility index (Phi) is 5.39. The second-order valence-electron chi connectivity index (χ2n) is 9.18. The third kappa shape index (κ3) is 3.52. The van der Waals surface area contributed by atoms with Crippen LogP contribution in [0.15, 0.2) is 40.9 Å². The third-order valence-corrected chi connectivity index (χ3v) is 8.87. The summed E-state index contributed by atoms with van der Waals surface area (Å²) < 4.78 is 18.1. The van der Waals surface area contributed by atoms with E-state index < -0.39 is 11.2 Å². The van der Waals surface area contributed by atoms with Crippen LogP contribution in [0.2, 0.25) is 0 Å². The van der Waals surface area contributed by atoms with E-state index in [0.717, 1.165) is 59.9 Å². The number of fused-ring (bicyclic) bond motifs is 3. The van der Waals surface area contributed by atoms with Crippen LogP contribution < -0.4 is 15.5 Å². The zero-order chi connectivity index (χ0) is 23.3. The number of aryl methyl sites for hydroxylation is 1. The molecule has 0 aliphatic carbocycles. The number of urea groups is 1. The fraction of sp³-hybridized carbons (Fsp3) is 0.458. The Balaban J connectivity index is 1.29. The first-order valence-electron chi connectivity index (χ1n) is 11.8. The topological polar surface area (TPSA) is 106 Å². The summed E-state index contributed by atoms with van der Waals surface area (Å²) in [5.74, 6) is 1.91. The summed E-state index contributed by atoms with van der Waals surface area (Å²) in [5, 5.41) is 6.42. The summed E-state index contributed by atoms with van der Waals surface area (Å²) in [5.41, 5.74) is 3.63. The van der Waals surface area contributed by atoms with Gasteiger partial charge in [-0.2, -0.15) is 4.98 Å². The molecule has 10 heteroatoms. The monoisotopic (exact) mass is 480 g/mol. The van der Waals surface area contributed by atoms with E-state index in [4.69, 9.17) is 14.7 Å². The highest BCUT2D eigenvalue weighted by Gasteiger charge is 2.46. The Morgan fingerprint density at radius 1 is 1.21 bits per heavy atom. The van der Waals surface area contributed by atoms with Crippen LogP contribution >= 0.6 is 0 Å². The molecule has 1 aromatic carbocycles. The van der Waals surface area contributed by atoms with Crippen LogP contribution in [0.25, 0.3) is 0 Å². The van der Waals surface area contributed by atoms with Gasteiger partial charge in [0.15, 0.2) is 5.82 Å². The van der Waals surface area contributed by atoms with Gasteiger partial charge in [0, 0.05) is 49.9 Å². The third-order valence-electron chi connectivity index (χ3n) is 7.41. The lowest BCUT2D eigenvalue weighted by molar-refractivity contribution is 0.113. The number of anilines is 3. The first kappa shape index (κ1) is 21.7. The second-order valence-corrected chi connectivity index (χ2v) is 10.7. The van der Waals surface area contributed by atoms with E-state index in [1.165, 1.54) is 0 Å².